The first-order valence-corrected chi connectivity index (χ1v) is 11.5. The van der Waals surface area contributed by atoms with E-state index >= 15 is 0 Å². The molecule has 0 unspecified atom stereocenters. The van der Waals surface area contributed by atoms with Crippen molar-refractivity contribution in [3.63, 3.8) is 0 Å². The molecule has 0 spiro atoms. The summed E-state index contributed by atoms with van der Waals surface area (Å²) in [5, 5.41) is 0. The lowest BCUT2D eigenvalue weighted by atomic mass is 10.1. The van der Waals surface area contributed by atoms with Gasteiger partial charge in [0.25, 0.3) is 5.91 Å². The SMILES string of the molecule is COc1ccc(C(=O)N(CC(=O)N2CCN(CCc3ccncc3)CC2)c2ccccc2)cc1.Cl.Cl. The fraction of sp³-hybridized carbons (Fsp3) is 0.296. The highest BCUT2D eigenvalue weighted by Gasteiger charge is 2.26. The lowest BCUT2D eigenvalue weighted by Gasteiger charge is -2.36. The van der Waals surface area contributed by atoms with Gasteiger partial charge in [0, 0.05) is 56.4 Å². The Hall–Kier alpha value is -3.13. The highest BCUT2D eigenvalue weighted by Crippen LogP contribution is 2.19. The average molecular weight is 531 g/mol. The zero-order valence-corrected chi connectivity index (χ0v) is 21.9. The Balaban J connectivity index is 0.00000228. The third-order valence-electron chi connectivity index (χ3n) is 6.13. The Morgan fingerprint density at radius 1 is 0.889 bits per heavy atom. The van der Waals surface area contributed by atoms with E-state index in [0.29, 0.717) is 30.1 Å². The monoisotopic (exact) mass is 530 g/mol. The number of pyridine rings is 1. The number of carbonyl (C=O) groups excluding carboxylic acids is 2. The molecule has 0 saturated carbocycles. The predicted molar refractivity (Wildman–Crippen MR) is 147 cm³/mol. The number of ether oxygens (including phenoxy) is 1. The molecule has 1 aliphatic heterocycles. The minimum atomic E-state index is -0.210. The summed E-state index contributed by atoms with van der Waals surface area (Å²) in [4.78, 5) is 36.4. The third-order valence-corrected chi connectivity index (χ3v) is 6.13. The maximum Gasteiger partial charge on any atom is 0.258 e. The van der Waals surface area contributed by atoms with E-state index in [4.69, 9.17) is 4.74 Å². The van der Waals surface area contributed by atoms with Gasteiger partial charge < -0.3 is 9.64 Å². The normalized spacial score (nSPS) is 13.2. The van der Waals surface area contributed by atoms with Crippen LogP contribution in [0.5, 0.6) is 5.75 Å². The number of aromatic nitrogens is 1. The molecule has 0 bridgehead atoms. The first kappa shape index (κ1) is 29.1. The molecule has 0 radical (unpaired) electrons. The quantitative estimate of drug-likeness (QED) is 0.440. The fourth-order valence-electron chi connectivity index (χ4n) is 4.07. The van der Waals surface area contributed by atoms with Gasteiger partial charge in [-0.3, -0.25) is 24.4 Å². The number of methoxy groups -OCH3 is 1. The second-order valence-electron chi connectivity index (χ2n) is 8.28. The minimum Gasteiger partial charge on any atom is -0.497 e. The molecule has 3 aromatic rings. The molecule has 1 aliphatic rings. The van der Waals surface area contributed by atoms with Crippen LogP contribution in [0.2, 0.25) is 0 Å². The van der Waals surface area contributed by atoms with Crippen molar-refractivity contribution >= 4 is 42.3 Å². The number of nitrogens with zero attached hydrogens (tertiary/aromatic N) is 4. The van der Waals surface area contributed by atoms with Crippen molar-refractivity contribution in [3.8, 4) is 5.75 Å². The number of amides is 2. The third kappa shape index (κ3) is 7.68. The van der Waals surface area contributed by atoms with Crippen LogP contribution in [0, 0.1) is 0 Å². The highest BCUT2D eigenvalue weighted by molar-refractivity contribution is 6.08. The molecule has 0 N–H and O–H groups in total. The van der Waals surface area contributed by atoms with Gasteiger partial charge in [0.2, 0.25) is 5.91 Å². The zero-order chi connectivity index (χ0) is 23.8. The van der Waals surface area contributed by atoms with E-state index in [1.54, 1.807) is 36.3 Å². The van der Waals surface area contributed by atoms with Crippen molar-refractivity contribution in [2.75, 3.05) is 51.3 Å². The number of rotatable bonds is 8. The standard InChI is InChI=1S/C27H30N4O3.2ClH/c1-34-25-9-7-23(8-10-25)27(33)31(24-5-3-2-4-6-24)21-26(32)30-19-17-29(18-20-30)16-13-22-11-14-28-15-12-22;;/h2-12,14-15H,13,16-21H2,1H3;2*1H. The Labute approximate surface area is 224 Å². The largest absolute Gasteiger partial charge is 0.497 e. The summed E-state index contributed by atoms with van der Waals surface area (Å²) >= 11 is 0. The number of piperazine rings is 1. The summed E-state index contributed by atoms with van der Waals surface area (Å²) in [6, 6.07) is 20.4. The van der Waals surface area contributed by atoms with E-state index in [1.165, 1.54) is 5.56 Å². The van der Waals surface area contributed by atoms with Crippen molar-refractivity contribution in [1.82, 2.24) is 14.8 Å². The van der Waals surface area contributed by atoms with Crippen molar-refractivity contribution < 1.29 is 14.3 Å². The maximum absolute atomic E-state index is 13.3. The number of carbonyl (C=O) groups is 2. The molecule has 1 fully saturated rings. The first-order valence-electron chi connectivity index (χ1n) is 11.5. The lowest BCUT2D eigenvalue weighted by molar-refractivity contribution is -0.131. The van der Waals surface area contributed by atoms with Gasteiger partial charge in [0.05, 0.1) is 7.11 Å². The summed E-state index contributed by atoms with van der Waals surface area (Å²) in [5.74, 6) is 0.429. The maximum atomic E-state index is 13.3. The van der Waals surface area contributed by atoms with Crippen molar-refractivity contribution in [3.05, 3.63) is 90.3 Å². The highest BCUT2D eigenvalue weighted by atomic mass is 35.5. The van der Waals surface area contributed by atoms with Crippen LogP contribution < -0.4 is 9.64 Å². The number of para-hydroxylation sites is 1. The van der Waals surface area contributed by atoms with Gasteiger partial charge in [0.1, 0.15) is 12.3 Å². The van der Waals surface area contributed by atoms with E-state index < -0.39 is 0 Å². The molecule has 1 aromatic heterocycles. The second kappa shape index (κ2) is 14.4. The van der Waals surface area contributed by atoms with Crippen molar-refractivity contribution in [2.24, 2.45) is 0 Å². The van der Waals surface area contributed by atoms with Gasteiger partial charge in [-0.25, -0.2) is 0 Å². The van der Waals surface area contributed by atoms with E-state index in [9.17, 15) is 9.59 Å². The first-order chi connectivity index (χ1) is 16.6. The van der Waals surface area contributed by atoms with Crippen LogP contribution in [0.4, 0.5) is 5.69 Å². The van der Waals surface area contributed by atoms with Gasteiger partial charge in [0.15, 0.2) is 0 Å². The van der Waals surface area contributed by atoms with Crippen molar-refractivity contribution in [2.45, 2.75) is 6.42 Å². The van der Waals surface area contributed by atoms with Gasteiger partial charge in [-0.05, 0) is 60.5 Å². The summed E-state index contributed by atoms with van der Waals surface area (Å²) in [5.41, 5.74) is 2.48. The van der Waals surface area contributed by atoms with E-state index in [0.717, 1.165) is 26.1 Å². The summed E-state index contributed by atoms with van der Waals surface area (Å²) < 4.78 is 5.20. The molecule has 7 nitrogen and oxygen atoms in total. The minimum absolute atomic E-state index is 0. The average Bonchev–Trinajstić information content (AvgIpc) is 2.91. The molecule has 192 valence electrons. The number of benzene rings is 2. The van der Waals surface area contributed by atoms with E-state index in [2.05, 4.69) is 9.88 Å². The van der Waals surface area contributed by atoms with Gasteiger partial charge in [-0.15, -0.1) is 24.8 Å². The van der Waals surface area contributed by atoms with Crippen LogP contribution in [-0.4, -0.2) is 73.0 Å². The topological polar surface area (TPSA) is 66.0 Å². The second-order valence-corrected chi connectivity index (χ2v) is 8.28. The van der Waals surface area contributed by atoms with Crippen LogP contribution >= 0.6 is 24.8 Å². The smallest absolute Gasteiger partial charge is 0.258 e. The van der Waals surface area contributed by atoms with E-state index in [-0.39, 0.29) is 43.2 Å². The number of anilines is 1. The molecule has 2 amide bonds. The number of halogens is 2. The Kier molecular flexibility index (Phi) is 11.7. The number of hydrogen-bond acceptors (Lipinski definition) is 5. The molecule has 0 atom stereocenters. The predicted octanol–water partition coefficient (Wildman–Crippen LogP) is 3.97. The molecule has 0 aliphatic carbocycles. The van der Waals surface area contributed by atoms with Gasteiger partial charge in [-0.2, -0.15) is 0 Å². The molecule has 1 saturated heterocycles. The van der Waals surface area contributed by atoms with Crippen LogP contribution in [-0.2, 0) is 11.2 Å². The molecule has 2 heterocycles. The molecule has 4 rings (SSSR count). The Bertz CT molecular complexity index is 1080. The Morgan fingerprint density at radius 2 is 1.53 bits per heavy atom. The lowest BCUT2D eigenvalue weighted by Crippen LogP contribution is -2.52. The van der Waals surface area contributed by atoms with Gasteiger partial charge >= 0.3 is 0 Å². The van der Waals surface area contributed by atoms with Gasteiger partial charge in [-0.1, -0.05) is 18.2 Å². The molecular formula is C27H32Cl2N4O3. The fourth-order valence-corrected chi connectivity index (χ4v) is 4.07. The van der Waals surface area contributed by atoms with Crippen LogP contribution in [0.1, 0.15) is 15.9 Å². The summed E-state index contributed by atoms with van der Waals surface area (Å²) in [6.45, 7) is 3.94. The summed E-state index contributed by atoms with van der Waals surface area (Å²) in [6.07, 6.45) is 4.60. The molecule has 2 aromatic carbocycles. The molecular weight excluding hydrogens is 499 g/mol. The van der Waals surface area contributed by atoms with Crippen LogP contribution in [0.25, 0.3) is 0 Å². The summed E-state index contributed by atoms with van der Waals surface area (Å²) in [7, 11) is 1.59. The van der Waals surface area contributed by atoms with Crippen LogP contribution in [0.15, 0.2) is 79.1 Å². The number of hydrogen-bond donors (Lipinski definition) is 0. The zero-order valence-electron chi connectivity index (χ0n) is 20.3. The van der Waals surface area contributed by atoms with E-state index in [1.807, 2.05) is 59.8 Å². The molecule has 9 heteroatoms. The molecule has 36 heavy (non-hydrogen) atoms. The van der Waals surface area contributed by atoms with Crippen molar-refractivity contribution in [1.29, 1.82) is 0 Å². The van der Waals surface area contributed by atoms with Crippen LogP contribution in [0.3, 0.4) is 0 Å². The Morgan fingerprint density at radius 3 is 2.14 bits per heavy atom.